The fraction of sp³-hybridized carbons (Fsp3) is 0.364. The maximum Gasteiger partial charge on any atom is 0.275 e. The smallest absolute Gasteiger partial charge is 0.275 e. The Labute approximate surface area is 98.4 Å². The molecule has 92 valence electrons. The standard InChI is InChI=1S/C11H14N2O4/c1-2-11(15)12-6-8-3-4-9(7-14)10(5-8)13(16)17/h3-5,14H,2,6-7H2,1H3,(H,12,15). The molecular formula is C11H14N2O4. The first-order valence-corrected chi connectivity index (χ1v) is 5.22. The number of hydrogen-bond donors (Lipinski definition) is 2. The quantitative estimate of drug-likeness (QED) is 0.593. The van der Waals surface area contributed by atoms with Gasteiger partial charge in [0.1, 0.15) is 0 Å². The van der Waals surface area contributed by atoms with Gasteiger partial charge in [-0.05, 0) is 11.6 Å². The topological polar surface area (TPSA) is 92.5 Å². The molecule has 2 N–H and O–H groups in total. The van der Waals surface area contributed by atoms with Gasteiger partial charge in [0.2, 0.25) is 5.91 Å². The van der Waals surface area contributed by atoms with Crippen LogP contribution in [-0.4, -0.2) is 15.9 Å². The van der Waals surface area contributed by atoms with E-state index < -0.39 is 4.92 Å². The van der Waals surface area contributed by atoms with Crippen molar-refractivity contribution >= 4 is 11.6 Å². The first-order valence-electron chi connectivity index (χ1n) is 5.22. The van der Waals surface area contributed by atoms with E-state index in [1.807, 2.05) is 0 Å². The van der Waals surface area contributed by atoms with Gasteiger partial charge in [0.15, 0.2) is 0 Å². The van der Waals surface area contributed by atoms with Crippen LogP contribution >= 0.6 is 0 Å². The molecule has 1 aromatic carbocycles. The van der Waals surface area contributed by atoms with Crippen molar-refractivity contribution in [2.75, 3.05) is 0 Å². The molecule has 1 amide bonds. The lowest BCUT2D eigenvalue weighted by Crippen LogP contribution is -2.21. The van der Waals surface area contributed by atoms with E-state index in [0.717, 1.165) is 0 Å². The van der Waals surface area contributed by atoms with Crippen molar-refractivity contribution in [2.45, 2.75) is 26.5 Å². The molecule has 6 heteroatoms. The number of nitro benzene ring substituents is 1. The Morgan fingerprint density at radius 1 is 1.53 bits per heavy atom. The zero-order chi connectivity index (χ0) is 12.8. The lowest BCUT2D eigenvalue weighted by Gasteiger charge is -2.05. The predicted octanol–water partition coefficient (Wildman–Crippen LogP) is 1.11. The van der Waals surface area contributed by atoms with E-state index in [0.29, 0.717) is 12.0 Å². The predicted molar refractivity (Wildman–Crippen MR) is 61.2 cm³/mol. The average Bonchev–Trinajstić information content (AvgIpc) is 2.35. The van der Waals surface area contributed by atoms with Crippen LogP contribution in [0, 0.1) is 10.1 Å². The number of hydrogen-bond acceptors (Lipinski definition) is 4. The summed E-state index contributed by atoms with van der Waals surface area (Å²) < 4.78 is 0. The Morgan fingerprint density at radius 3 is 2.76 bits per heavy atom. The summed E-state index contributed by atoms with van der Waals surface area (Å²) in [6.45, 7) is 1.60. The van der Waals surface area contributed by atoms with Gasteiger partial charge in [-0.25, -0.2) is 0 Å². The molecule has 0 unspecified atom stereocenters. The van der Waals surface area contributed by atoms with Crippen molar-refractivity contribution in [3.8, 4) is 0 Å². The number of nitro groups is 1. The third-order valence-corrected chi connectivity index (χ3v) is 2.33. The van der Waals surface area contributed by atoms with Crippen molar-refractivity contribution < 1.29 is 14.8 Å². The lowest BCUT2D eigenvalue weighted by molar-refractivity contribution is -0.385. The zero-order valence-corrected chi connectivity index (χ0v) is 9.47. The van der Waals surface area contributed by atoms with Crippen LogP contribution < -0.4 is 5.32 Å². The van der Waals surface area contributed by atoms with E-state index >= 15 is 0 Å². The van der Waals surface area contributed by atoms with Crippen LogP contribution in [0.25, 0.3) is 0 Å². The first-order chi connectivity index (χ1) is 8.08. The molecule has 0 aliphatic rings. The largest absolute Gasteiger partial charge is 0.391 e. The van der Waals surface area contributed by atoms with Crippen LogP contribution in [0.2, 0.25) is 0 Å². The number of aliphatic hydroxyl groups excluding tert-OH is 1. The zero-order valence-electron chi connectivity index (χ0n) is 9.47. The third-order valence-electron chi connectivity index (χ3n) is 2.33. The van der Waals surface area contributed by atoms with Gasteiger partial charge in [-0.1, -0.05) is 13.0 Å². The highest BCUT2D eigenvalue weighted by Gasteiger charge is 2.13. The Kier molecular flexibility index (Phi) is 4.59. The number of amides is 1. The highest BCUT2D eigenvalue weighted by molar-refractivity contribution is 5.75. The SMILES string of the molecule is CCC(=O)NCc1ccc(CO)c([N+](=O)[O-])c1. The molecule has 0 atom stereocenters. The molecule has 0 fully saturated rings. The summed E-state index contributed by atoms with van der Waals surface area (Å²) in [4.78, 5) is 21.2. The van der Waals surface area contributed by atoms with E-state index in [9.17, 15) is 14.9 Å². The van der Waals surface area contributed by atoms with E-state index in [2.05, 4.69) is 5.32 Å². The molecule has 17 heavy (non-hydrogen) atoms. The minimum atomic E-state index is -0.545. The van der Waals surface area contributed by atoms with Gasteiger partial charge < -0.3 is 10.4 Å². The summed E-state index contributed by atoms with van der Waals surface area (Å²) in [5.74, 6) is -0.112. The summed E-state index contributed by atoms with van der Waals surface area (Å²) in [6, 6.07) is 4.50. The van der Waals surface area contributed by atoms with Gasteiger partial charge in [-0.3, -0.25) is 14.9 Å². The third kappa shape index (κ3) is 3.53. The molecule has 0 saturated heterocycles. The number of nitrogens with zero attached hydrogens (tertiary/aromatic N) is 1. The van der Waals surface area contributed by atoms with Crippen molar-refractivity contribution in [3.05, 3.63) is 39.4 Å². The molecular weight excluding hydrogens is 224 g/mol. The van der Waals surface area contributed by atoms with Gasteiger partial charge in [0.25, 0.3) is 5.69 Å². The summed E-state index contributed by atoms with van der Waals surface area (Å²) >= 11 is 0. The highest BCUT2D eigenvalue weighted by Crippen LogP contribution is 2.20. The number of benzene rings is 1. The molecule has 0 aliphatic heterocycles. The minimum Gasteiger partial charge on any atom is -0.391 e. The van der Waals surface area contributed by atoms with Crippen LogP contribution in [0.4, 0.5) is 5.69 Å². The van der Waals surface area contributed by atoms with Crippen molar-refractivity contribution in [1.29, 1.82) is 0 Å². The minimum absolute atomic E-state index is 0.112. The fourth-order valence-corrected chi connectivity index (χ4v) is 1.35. The van der Waals surface area contributed by atoms with Crippen molar-refractivity contribution in [2.24, 2.45) is 0 Å². The van der Waals surface area contributed by atoms with Gasteiger partial charge in [-0.15, -0.1) is 0 Å². The molecule has 0 aliphatic carbocycles. The van der Waals surface area contributed by atoms with Gasteiger partial charge in [-0.2, -0.15) is 0 Å². The Morgan fingerprint density at radius 2 is 2.24 bits per heavy atom. The Bertz CT molecular complexity index is 431. The van der Waals surface area contributed by atoms with E-state index in [1.54, 1.807) is 13.0 Å². The number of aliphatic hydroxyl groups is 1. The molecule has 0 heterocycles. The summed E-state index contributed by atoms with van der Waals surface area (Å²) in [7, 11) is 0. The Balaban J connectivity index is 2.85. The van der Waals surface area contributed by atoms with Crippen molar-refractivity contribution in [1.82, 2.24) is 5.32 Å². The molecule has 0 aromatic heterocycles. The normalized spacial score (nSPS) is 10.0. The van der Waals surface area contributed by atoms with Crippen LogP contribution in [-0.2, 0) is 17.9 Å². The van der Waals surface area contributed by atoms with Gasteiger partial charge in [0.05, 0.1) is 17.1 Å². The Hall–Kier alpha value is -1.95. The van der Waals surface area contributed by atoms with Crippen LogP contribution in [0.5, 0.6) is 0 Å². The molecule has 0 saturated carbocycles. The number of nitrogens with one attached hydrogen (secondary N) is 1. The van der Waals surface area contributed by atoms with Crippen LogP contribution in [0.3, 0.4) is 0 Å². The molecule has 1 rings (SSSR count). The van der Waals surface area contributed by atoms with Crippen molar-refractivity contribution in [3.63, 3.8) is 0 Å². The lowest BCUT2D eigenvalue weighted by atomic mass is 10.1. The van der Waals surface area contributed by atoms with E-state index in [-0.39, 0.29) is 30.3 Å². The van der Waals surface area contributed by atoms with Crippen LogP contribution in [0.1, 0.15) is 24.5 Å². The highest BCUT2D eigenvalue weighted by atomic mass is 16.6. The van der Waals surface area contributed by atoms with Crippen LogP contribution in [0.15, 0.2) is 18.2 Å². The maximum absolute atomic E-state index is 11.0. The second kappa shape index (κ2) is 5.95. The molecule has 1 aromatic rings. The second-order valence-electron chi connectivity index (χ2n) is 3.51. The maximum atomic E-state index is 11.0. The number of carbonyl (C=O) groups excluding carboxylic acids is 1. The molecule has 0 spiro atoms. The second-order valence-corrected chi connectivity index (χ2v) is 3.51. The average molecular weight is 238 g/mol. The fourth-order valence-electron chi connectivity index (χ4n) is 1.35. The summed E-state index contributed by atoms with van der Waals surface area (Å²) in [6.07, 6.45) is 0.372. The van der Waals surface area contributed by atoms with E-state index in [1.165, 1.54) is 12.1 Å². The monoisotopic (exact) mass is 238 g/mol. The summed E-state index contributed by atoms with van der Waals surface area (Å²) in [5, 5.41) is 22.3. The van der Waals surface area contributed by atoms with Gasteiger partial charge >= 0.3 is 0 Å². The molecule has 0 bridgehead atoms. The van der Waals surface area contributed by atoms with Gasteiger partial charge in [0, 0.05) is 19.0 Å². The molecule has 6 nitrogen and oxygen atoms in total. The van der Waals surface area contributed by atoms with E-state index in [4.69, 9.17) is 5.11 Å². The number of carbonyl (C=O) groups is 1. The number of rotatable bonds is 5. The summed E-state index contributed by atoms with van der Waals surface area (Å²) in [5.41, 5.74) is 0.770. The first kappa shape index (κ1) is 13.1. The molecule has 0 radical (unpaired) electrons.